The van der Waals surface area contributed by atoms with E-state index in [1.807, 2.05) is 0 Å². The standard InChI is InChI=1S/C11H18/c1-4-5-11-7-9(2)6-10(3)8-11/h6-7,11H,4-5,8H2,1-3H3. The maximum Gasteiger partial charge on any atom is -0.0191 e. The van der Waals surface area contributed by atoms with Gasteiger partial charge in [-0.1, -0.05) is 36.6 Å². The van der Waals surface area contributed by atoms with Crippen molar-refractivity contribution in [1.29, 1.82) is 0 Å². The predicted molar refractivity (Wildman–Crippen MR) is 50.5 cm³/mol. The fraction of sp³-hybridized carbons (Fsp3) is 0.636. The molecule has 0 heteroatoms. The van der Waals surface area contributed by atoms with Crippen LogP contribution < -0.4 is 0 Å². The summed E-state index contributed by atoms with van der Waals surface area (Å²) in [7, 11) is 0. The zero-order valence-electron chi connectivity index (χ0n) is 7.85. The molecule has 0 aromatic carbocycles. The van der Waals surface area contributed by atoms with Crippen molar-refractivity contribution >= 4 is 0 Å². The number of hydrogen-bond donors (Lipinski definition) is 0. The molecule has 0 nitrogen and oxygen atoms in total. The fourth-order valence-electron chi connectivity index (χ4n) is 1.90. The smallest absolute Gasteiger partial charge is 0.0191 e. The first-order chi connectivity index (χ1) is 5.22. The Morgan fingerprint density at radius 2 is 2.18 bits per heavy atom. The molecule has 62 valence electrons. The van der Waals surface area contributed by atoms with Crippen LogP contribution >= 0.6 is 0 Å². The van der Waals surface area contributed by atoms with Gasteiger partial charge in [0.25, 0.3) is 0 Å². The Hall–Kier alpha value is -0.520. The van der Waals surface area contributed by atoms with E-state index in [-0.39, 0.29) is 0 Å². The van der Waals surface area contributed by atoms with Crippen LogP contribution in [0.1, 0.15) is 40.0 Å². The molecule has 0 amide bonds. The topological polar surface area (TPSA) is 0 Å². The summed E-state index contributed by atoms with van der Waals surface area (Å²) in [4.78, 5) is 0. The highest BCUT2D eigenvalue weighted by molar-refractivity contribution is 5.26. The van der Waals surface area contributed by atoms with Crippen molar-refractivity contribution in [3.63, 3.8) is 0 Å². The molecule has 1 atom stereocenters. The molecule has 0 fully saturated rings. The third kappa shape index (κ3) is 2.53. The molecule has 0 bridgehead atoms. The summed E-state index contributed by atoms with van der Waals surface area (Å²) in [5, 5.41) is 0. The molecule has 0 N–H and O–H groups in total. The van der Waals surface area contributed by atoms with E-state index in [0.29, 0.717) is 0 Å². The maximum absolute atomic E-state index is 2.41. The first-order valence-corrected chi connectivity index (χ1v) is 4.58. The SMILES string of the molecule is CCCC1C=C(C)C=C(C)C1. The summed E-state index contributed by atoms with van der Waals surface area (Å²) in [6, 6.07) is 0. The van der Waals surface area contributed by atoms with Gasteiger partial charge in [0.2, 0.25) is 0 Å². The molecule has 0 spiro atoms. The van der Waals surface area contributed by atoms with Crippen LogP contribution in [0.15, 0.2) is 23.3 Å². The lowest BCUT2D eigenvalue weighted by atomic mass is 9.89. The van der Waals surface area contributed by atoms with Crippen molar-refractivity contribution in [1.82, 2.24) is 0 Å². The van der Waals surface area contributed by atoms with Crippen molar-refractivity contribution in [2.45, 2.75) is 40.0 Å². The third-order valence-electron chi connectivity index (χ3n) is 2.22. The van der Waals surface area contributed by atoms with Crippen molar-refractivity contribution in [3.8, 4) is 0 Å². The summed E-state index contributed by atoms with van der Waals surface area (Å²) < 4.78 is 0. The fourth-order valence-corrected chi connectivity index (χ4v) is 1.90. The second-order valence-electron chi connectivity index (χ2n) is 3.65. The van der Waals surface area contributed by atoms with E-state index in [1.54, 1.807) is 5.57 Å². The number of rotatable bonds is 2. The quantitative estimate of drug-likeness (QED) is 0.563. The van der Waals surface area contributed by atoms with Gasteiger partial charge in [-0.2, -0.15) is 0 Å². The molecule has 0 heterocycles. The van der Waals surface area contributed by atoms with Crippen LogP contribution in [-0.4, -0.2) is 0 Å². The Morgan fingerprint density at radius 1 is 1.45 bits per heavy atom. The summed E-state index contributed by atoms with van der Waals surface area (Å²) in [6.07, 6.45) is 8.65. The van der Waals surface area contributed by atoms with Gasteiger partial charge >= 0.3 is 0 Å². The minimum absolute atomic E-state index is 0.824. The average Bonchev–Trinajstić information content (AvgIpc) is 1.85. The number of allylic oxidation sites excluding steroid dienone is 4. The molecule has 1 aliphatic rings. The summed E-state index contributed by atoms with van der Waals surface area (Å²) >= 11 is 0. The van der Waals surface area contributed by atoms with Crippen LogP contribution in [0.5, 0.6) is 0 Å². The summed E-state index contributed by atoms with van der Waals surface area (Å²) in [6.45, 7) is 6.70. The van der Waals surface area contributed by atoms with Crippen LogP contribution in [-0.2, 0) is 0 Å². The van der Waals surface area contributed by atoms with Gasteiger partial charge in [0, 0.05) is 0 Å². The molecule has 0 radical (unpaired) electrons. The molecule has 1 aliphatic carbocycles. The second kappa shape index (κ2) is 3.75. The van der Waals surface area contributed by atoms with Gasteiger partial charge in [-0.3, -0.25) is 0 Å². The molecule has 0 aromatic heterocycles. The van der Waals surface area contributed by atoms with E-state index in [4.69, 9.17) is 0 Å². The Morgan fingerprint density at radius 3 is 2.73 bits per heavy atom. The minimum Gasteiger partial charge on any atom is -0.0782 e. The van der Waals surface area contributed by atoms with Crippen LogP contribution in [0.3, 0.4) is 0 Å². The molecule has 1 rings (SSSR count). The van der Waals surface area contributed by atoms with Crippen LogP contribution in [0.4, 0.5) is 0 Å². The van der Waals surface area contributed by atoms with Gasteiger partial charge in [-0.15, -0.1) is 0 Å². The Labute approximate surface area is 70.0 Å². The first kappa shape index (κ1) is 8.58. The van der Waals surface area contributed by atoms with E-state index in [1.165, 1.54) is 24.8 Å². The van der Waals surface area contributed by atoms with Crippen LogP contribution in [0, 0.1) is 5.92 Å². The zero-order chi connectivity index (χ0) is 8.27. The maximum atomic E-state index is 2.41. The summed E-state index contributed by atoms with van der Waals surface area (Å²) in [5.41, 5.74) is 3.00. The lowest BCUT2D eigenvalue weighted by Gasteiger charge is -2.17. The second-order valence-corrected chi connectivity index (χ2v) is 3.65. The molecule has 11 heavy (non-hydrogen) atoms. The predicted octanol–water partition coefficient (Wildman–Crippen LogP) is 3.70. The van der Waals surface area contributed by atoms with Gasteiger partial charge in [-0.25, -0.2) is 0 Å². The molecule has 0 saturated heterocycles. The average molecular weight is 150 g/mol. The van der Waals surface area contributed by atoms with E-state index < -0.39 is 0 Å². The molecule has 0 aromatic rings. The first-order valence-electron chi connectivity index (χ1n) is 4.58. The van der Waals surface area contributed by atoms with Gasteiger partial charge < -0.3 is 0 Å². The Balaban J connectivity index is 2.56. The lowest BCUT2D eigenvalue weighted by molar-refractivity contribution is 0.566. The van der Waals surface area contributed by atoms with Gasteiger partial charge in [0.05, 0.1) is 0 Å². The van der Waals surface area contributed by atoms with Crippen molar-refractivity contribution in [2.75, 3.05) is 0 Å². The van der Waals surface area contributed by atoms with Crippen molar-refractivity contribution < 1.29 is 0 Å². The van der Waals surface area contributed by atoms with E-state index in [0.717, 1.165) is 5.92 Å². The molecular formula is C11H18. The van der Waals surface area contributed by atoms with E-state index in [2.05, 4.69) is 32.9 Å². The Kier molecular flexibility index (Phi) is 2.92. The van der Waals surface area contributed by atoms with Crippen LogP contribution in [0.2, 0.25) is 0 Å². The largest absolute Gasteiger partial charge is 0.0782 e. The van der Waals surface area contributed by atoms with Crippen molar-refractivity contribution in [3.05, 3.63) is 23.3 Å². The molecule has 0 aliphatic heterocycles. The lowest BCUT2D eigenvalue weighted by Crippen LogP contribution is -2.02. The molecular weight excluding hydrogens is 132 g/mol. The molecule has 1 unspecified atom stereocenters. The molecule has 0 saturated carbocycles. The normalized spacial score (nSPS) is 24.5. The van der Waals surface area contributed by atoms with E-state index in [9.17, 15) is 0 Å². The van der Waals surface area contributed by atoms with E-state index >= 15 is 0 Å². The highest BCUT2D eigenvalue weighted by Crippen LogP contribution is 2.25. The summed E-state index contributed by atoms with van der Waals surface area (Å²) in [5.74, 6) is 0.824. The Bertz CT molecular complexity index is 184. The van der Waals surface area contributed by atoms with Gasteiger partial charge in [0.1, 0.15) is 0 Å². The van der Waals surface area contributed by atoms with Gasteiger partial charge in [0.15, 0.2) is 0 Å². The zero-order valence-corrected chi connectivity index (χ0v) is 7.85. The monoisotopic (exact) mass is 150 g/mol. The minimum atomic E-state index is 0.824. The van der Waals surface area contributed by atoms with Crippen LogP contribution in [0.25, 0.3) is 0 Å². The highest BCUT2D eigenvalue weighted by Gasteiger charge is 2.09. The third-order valence-corrected chi connectivity index (χ3v) is 2.22. The number of hydrogen-bond acceptors (Lipinski definition) is 0. The highest BCUT2D eigenvalue weighted by atomic mass is 14.1. The van der Waals surface area contributed by atoms with Gasteiger partial charge in [-0.05, 0) is 32.6 Å². The van der Waals surface area contributed by atoms with Crippen molar-refractivity contribution in [2.24, 2.45) is 5.92 Å².